The maximum atomic E-state index is 12.6. The Bertz CT molecular complexity index is 756. The van der Waals surface area contributed by atoms with Gasteiger partial charge in [0, 0.05) is 13.1 Å². The standard InChI is InChI=1S/C20H22N2O4/c1-26-15-6-4-5-13(9-15)10-18(23)21-11-14(12-21)22-19(24)16-7-2-3-8-17(16)20(22)25/h2-6,9,14,16-17H,7-8,10-12H2,1H3. The predicted octanol–water partition coefficient (Wildman–Crippen LogP) is 1.40. The van der Waals surface area contributed by atoms with Crippen molar-refractivity contribution in [2.45, 2.75) is 25.3 Å². The van der Waals surface area contributed by atoms with Crippen LogP contribution in [0.25, 0.3) is 0 Å². The second-order valence-electron chi connectivity index (χ2n) is 7.18. The Kier molecular flexibility index (Phi) is 4.26. The normalized spacial score (nSPS) is 25.3. The zero-order valence-corrected chi connectivity index (χ0v) is 14.8. The smallest absolute Gasteiger partial charge is 0.233 e. The maximum absolute atomic E-state index is 12.6. The van der Waals surface area contributed by atoms with E-state index in [2.05, 4.69) is 0 Å². The lowest BCUT2D eigenvalue weighted by Gasteiger charge is -2.43. The molecule has 2 unspecified atom stereocenters. The number of carbonyl (C=O) groups is 3. The first-order valence-electron chi connectivity index (χ1n) is 9.01. The summed E-state index contributed by atoms with van der Waals surface area (Å²) < 4.78 is 5.18. The first-order valence-corrected chi connectivity index (χ1v) is 9.01. The van der Waals surface area contributed by atoms with Gasteiger partial charge in [-0.25, -0.2) is 0 Å². The zero-order valence-electron chi connectivity index (χ0n) is 14.8. The number of benzene rings is 1. The van der Waals surface area contributed by atoms with Crippen LogP contribution < -0.4 is 4.74 Å². The molecule has 0 radical (unpaired) electrons. The second-order valence-corrected chi connectivity index (χ2v) is 7.18. The third-order valence-electron chi connectivity index (χ3n) is 5.61. The summed E-state index contributed by atoms with van der Waals surface area (Å²) in [6.45, 7) is 0.875. The molecular weight excluding hydrogens is 332 g/mol. The van der Waals surface area contributed by atoms with Gasteiger partial charge < -0.3 is 9.64 Å². The van der Waals surface area contributed by atoms with Gasteiger partial charge in [0.05, 0.1) is 31.4 Å². The van der Waals surface area contributed by atoms with Crippen LogP contribution in [0.1, 0.15) is 18.4 Å². The number of hydrogen-bond donors (Lipinski definition) is 0. The minimum absolute atomic E-state index is 0.00711. The Balaban J connectivity index is 1.35. The van der Waals surface area contributed by atoms with E-state index in [0.29, 0.717) is 32.4 Å². The second kappa shape index (κ2) is 6.59. The molecule has 0 N–H and O–H groups in total. The number of carbonyl (C=O) groups excluding carboxylic acids is 3. The Labute approximate surface area is 152 Å². The summed E-state index contributed by atoms with van der Waals surface area (Å²) in [6, 6.07) is 7.27. The van der Waals surface area contributed by atoms with E-state index in [9.17, 15) is 14.4 Å². The van der Waals surface area contributed by atoms with E-state index in [0.717, 1.165) is 11.3 Å². The number of nitrogens with zero attached hydrogens (tertiary/aromatic N) is 2. The van der Waals surface area contributed by atoms with Crippen molar-refractivity contribution in [2.24, 2.45) is 11.8 Å². The summed E-state index contributed by atoms with van der Waals surface area (Å²) in [5.74, 6) is 0.209. The molecule has 6 nitrogen and oxygen atoms in total. The van der Waals surface area contributed by atoms with Gasteiger partial charge in [0.25, 0.3) is 0 Å². The Morgan fingerprint density at radius 2 is 1.77 bits per heavy atom. The van der Waals surface area contributed by atoms with Crippen LogP contribution in [0, 0.1) is 11.8 Å². The molecule has 0 spiro atoms. The lowest BCUT2D eigenvalue weighted by Crippen LogP contribution is -2.62. The third kappa shape index (κ3) is 2.79. The van der Waals surface area contributed by atoms with Crippen molar-refractivity contribution in [3.8, 4) is 5.75 Å². The quantitative estimate of drug-likeness (QED) is 0.606. The lowest BCUT2D eigenvalue weighted by molar-refractivity contribution is -0.152. The van der Waals surface area contributed by atoms with E-state index in [1.165, 1.54) is 4.90 Å². The number of imide groups is 1. The summed E-state index contributed by atoms with van der Waals surface area (Å²) in [5.41, 5.74) is 0.892. The maximum Gasteiger partial charge on any atom is 0.233 e. The fraction of sp³-hybridized carbons (Fsp3) is 0.450. The van der Waals surface area contributed by atoms with Gasteiger partial charge in [0.2, 0.25) is 17.7 Å². The highest BCUT2D eigenvalue weighted by molar-refractivity contribution is 6.06. The topological polar surface area (TPSA) is 66.9 Å². The SMILES string of the molecule is COc1cccc(CC(=O)N2CC(N3C(=O)C4CC=CCC4C3=O)C2)c1. The molecule has 3 aliphatic rings. The van der Waals surface area contributed by atoms with Crippen LogP contribution in [0.2, 0.25) is 0 Å². The first kappa shape index (κ1) is 16.8. The molecule has 1 aromatic rings. The molecule has 0 saturated carbocycles. The van der Waals surface area contributed by atoms with Crippen molar-refractivity contribution < 1.29 is 19.1 Å². The van der Waals surface area contributed by atoms with Gasteiger partial charge in [-0.15, -0.1) is 0 Å². The average molecular weight is 354 g/mol. The van der Waals surface area contributed by atoms with E-state index >= 15 is 0 Å². The Hall–Kier alpha value is -2.63. The minimum atomic E-state index is -0.200. The lowest BCUT2D eigenvalue weighted by atomic mass is 9.85. The molecule has 136 valence electrons. The van der Waals surface area contributed by atoms with Crippen LogP contribution in [0.5, 0.6) is 5.75 Å². The monoisotopic (exact) mass is 354 g/mol. The highest BCUT2D eigenvalue weighted by atomic mass is 16.5. The Morgan fingerprint density at radius 1 is 1.12 bits per heavy atom. The van der Waals surface area contributed by atoms with Crippen molar-refractivity contribution in [1.29, 1.82) is 0 Å². The van der Waals surface area contributed by atoms with Crippen LogP contribution in [-0.2, 0) is 20.8 Å². The summed E-state index contributed by atoms with van der Waals surface area (Å²) >= 11 is 0. The Morgan fingerprint density at radius 3 is 2.38 bits per heavy atom. The van der Waals surface area contributed by atoms with Crippen LogP contribution in [0.3, 0.4) is 0 Å². The molecular formula is C20H22N2O4. The molecule has 26 heavy (non-hydrogen) atoms. The van der Waals surface area contributed by atoms with Crippen molar-refractivity contribution in [2.75, 3.05) is 20.2 Å². The largest absolute Gasteiger partial charge is 0.497 e. The molecule has 4 rings (SSSR count). The van der Waals surface area contributed by atoms with Gasteiger partial charge in [0.1, 0.15) is 5.75 Å². The number of allylic oxidation sites excluding steroid dienone is 2. The number of ether oxygens (including phenoxy) is 1. The summed E-state index contributed by atoms with van der Waals surface area (Å²) in [7, 11) is 1.60. The molecule has 2 atom stereocenters. The molecule has 2 fully saturated rings. The van der Waals surface area contributed by atoms with Crippen LogP contribution in [0.15, 0.2) is 36.4 Å². The van der Waals surface area contributed by atoms with Gasteiger partial charge >= 0.3 is 0 Å². The van der Waals surface area contributed by atoms with E-state index < -0.39 is 0 Å². The van der Waals surface area contributed by atoms with Gasteiger partial charge in [-0.3, -0.25) is 19.3 Å². The molecule has 1 aliphatic carbocycles. The zero-order chi connectivity index (χ0) is 18.3. The molecule has 6 heteroatoms. The predicted molar refractivity (Wildman–Crippen MR) is 94.3 cm³/mol. The average Bonchev–Trinajstić information content (AvgIpc) is 2.86. The molecule has 3 amide bonds. The molecule has 0 aromatic heterocycles. The highest BCUT2D eigenvalue weighted by Gasteiger charge is 2.52. The molecule has 0 bridgehead atoms. The number of methoxy groups -OCH3 is 1. The number of fused-ring (bicyclic) bond motifs is 1. The molecule has 1 aromatic carbocycles. The van der Waals surface area contributed by atoms with Gasteiger partial charge in [-0.05, 0) is 30.5 Å². The van der Waals surface area contributed by atoms with Gasteiger partial charge in [-0.2, -0.15) is 0 Å². The number of hydrogen-bond acceptors (Lipinski definition) is 4. The minimum Gasteiger partial charge on any atom is -0.497 e. The number of rotatable bonds is 4. The van der Waals surface area contributed by atoms with Crippen molar-refractivity contribution >= 4 is 17.7 Å². The summed E-state index contributed by atoms with van der Waals surface area (Å²) in [4.78, 5) is 40.7. The first-order chi connectivity index (χ1) is 12.6. The third-order valence-corrected chi connectivity index (χ3v) is 5.61. The van der Waals surface area contributed by atoms with E-state index in [1.54, 1.807) is 12.0 Å². The highest BCUT2D eigenvalue weighted by Crippen LogP contribution is 2.37. The van der Waals surface area contributed by atoms with Crippen LogP contribution in [-0.4, -0.2) is 53.8 Å². The molecule has 2 aliphatic heterocycles. The van der Waals surface area contributed by atoms with Crippen molar-refractivity contribution in [3.05, 3.63) is 42.0 Å². The molecule has 2 heterocycles. The fourth-order valence-electron chi connectivity index (χ4n) is 4.08. The van der Waals surface area contributed by atoms with E-state index in [4.69, 9.17) is 4.74 Å². The van der Waals surface area contributed by atoms with Gasteiger partial charge in [-0.1, -0.05) is 24.3 Å². The van der Waals surface area contributed by atoms with Crippen LogP contribution in [0.4, 0.5) is 0 Å². The summed E-state index contributed by atoms with van der Waals surface area (Å²) in [6.07, 6.45) is 5.57. The van der Waals surface area contributed by atoms with E-state index in [-0.39, 0.29) is 35.6 Å². The van der Waals surface area contributed by atoms with E-state index in [1.807, 2.05) is 36.4 Å². The van der Waals surface area contributed by atoms with Gasteiger partial charge in [0.15, 0.2) is 0 Å². The summed E-state index contributed by atoms with van der Waals surface area (Å²) in [5, 5.41) is 0. The molecule has 2 saturated heterocycles. The number of amides is 3. The van der Waals surface area contributed by atoms with Crippen LogP contribution >= 0.6 is 0 Å². The van der Waals surface area contributed by atoms with Crippen molar-refractivity contribution in [3.63, 3.8) is 0 Å². The van der Waals surface area contributed by atoms with Crippen molar-refractivity contribution in [1.82, 2.24) is 9.80 Å². The fourth-order valence-corrected chi connectivity index (χ4v) is 4.08. The number of likely N-dealkylation sites (tertiary alicyclic amines) is 2.